The third-order valence-electron chi connectivity index (χ3n) is 5.26. The number of aryl methyl sites for hydroxylation is 1. The molecule has 148 valence electrons. The average Bonchev–Trinajstić information content (AvgIpc) is 2.98. The van der Waals surface area contributed by atoms with Gasteiger partial charge in [-0.05, 0) is 37.8 Å². The predicted molar refractivity (Wildman–Crippen MR) is 94.1 cm³/mol. The first-order chi connectivity index (χ1) is 12.7. The molecule has 1 aromatic rings. The summed E-state index contributed by atoms with van der Waals surface area (Å²) >= 11 is 0. The van der Waals surface area contributed by atoms with Crippen molar-refractivity contribution in [2.24, 2.45) is 5.92 Å². The van der Waals surface area contributed by atoms with Crippen molar-refractivity contribution in [2.75, 3.05) is 19.7 Å². The second-order valence-corrected chi connectivity index (χ2v) is 8.59. The van der Waals surface area contributed by atoms with Gasteiger partial charge in [-0.25, -0.2) is 9.59 Å². The number of piperidine rings is 1. The molecular weight excluding hydrogens is 376 g/mol. The van der Waals surface area contributed by atoms with Gasteiger partial charge in [-0.3, -0.25) is 9.08 Å². The predicted octanol–water partition coefficient (Wildman–Crippen LogP) is 1.82. The Morgan fingerprint density at radius 1 is 1.19 bits per heavy atom. The molecule has 0 aromatic heterocycles. The number of likely N-dealkylation sites (tertiary alicyclic amines) is 2. The lowest BCUT2D eigenvalue weighted by atomic mass is 9.91. The molecule has 0 aliphatic carbocycles. The van der Waals surface area contributed by atoms with Crippen LogP contribution in [0.15, 0.2) is 29.2 Å². The minimum Gasteiger partial charge on any atom is -0.465 e. The van der Waals surface area contributed by atoms with Gasteiger partial charge in [-0.2, -0.15) is 8.42 Å². The van der Waals surface area contributed by atoms with Gasteiger partial charge in [0.15, 0.2) is 0 Å². The van der Waals surface area contributed by atoms with Crippen molar-refractivity contribution in [2.45, 2.75) is 36.7 Å². The number of benzene rings is 1. The van der Waals surface area contributed by atoms with E-state index in [0.29, 0.717) is 19.4 Å². The van der Waals surface area contributed by atoms with Crippen LogP contribution in [0, 0.1) is 12.8 Å². The molecule has 2 amide bonds. The molecule has 2 fully saturated rings. The van der Waals surface area contributed by atoms with Crippen molar-refractivity contribution in [3.8, 4) is 0 Å². The van der Waals surface area contributed by atoms with E-state index in [1.807, 2.05) is 6.92 Å². The fraction of sp³-hybridized carbons (Fsp3) is 0.529. The fourth-order valence-corrected chi connectivity index (χ4v) is 4.81. The Hall–Kier alpha value is -2.33. The molecule has 3 unspecified atom stereocenters. The molecule has 0 saturated carbocycles. The highest BCUT2D eigenvalue weighted by Crippen LogP contribution is 2.36. The van der Waals surface area contributed by atoms with Gasteiger partial charge in [0.05, 0.1) is 23.6 Å². The third kappa shape index (κ3) is 4.01. The second-order valence-electron chi connectivity index (χ2n) is 6.98. The Morgan fingerprint density at radius 3 is 2.44 bits per heavy atom. The van der Waals surface area contributed by atoms with E-state index in [1.54, 1.807) is 12.1 Å². The van der Waals surface area contributed by atoms with Gasteiger partial charge >= 0.3 is 12.2 Å². The summed E-state index contributed by atoms with van der Waals surface area (Å²) in [6, 6.07) is 5.08. The van der Waals surface area contributed by atoms with Crippen LogP contribution in [0.1, 0.15) is 18.4 Å². The molecule has 2 aliphatic heterocycles. The van der Waals surface area contributed by atoms with Gasteiger partial charge in [0.25, 0.3) is 10.1 Å². The lowest BCUT2D eigenvalue weighted by molar-refractivity contribution is 0.0686. The highest BCUT2D eigenvalue weighted by Gasteiger charge is 2.47. The van der Waals surface area contributed by atoms with Gasteiger partial charge in [-0.1, -0.05) is 17.7 Å². The van der Waals surface area contributed by atoms with Crippen LogP contribution in [0.4, 0.5) is 9.59 Å². The van der Waals surface area contributed by atoms with Crippen molar-refractivity contribution in [1.29, 1.82) is 0 Å². The van der Waals surface area contributed by atoms with Gasteiger partial charge < -0.3 is 15.1 Å². The largest absolute Gasteiger partial charge is 0.465 e. The monoisotopic (exact) mass is 398 g/mol. The van der Waals surface area contributed by atoms with Crippen molar-refractivity contribution < 1.29 is 32.4 Å². The molecule has 2 heterocycles. The number of carbonyl (C=O) groups is 2. The highest BCUT2D eigenvalue weighted by molar-refractivity contribution is 7.86. The second kappa shape index (κ2) is 7.35. The van der Waals surface area contributed by atoms with Crippen molar-refractivity contribution in [1.82, 2.24) is 9.80 Å². The van der Waals surface area contributed by atoms with Crippen LogP contribution in [0.25, 0.3) is 0 Å². The third-order valence-corrected chi connectivity index (χ3v) is 6.56. The molecule has 1 aromatic carbocycles. The number of rotatable bonds is 4. The van der Waals surface area contributed by atoms with Crippen LogP contribution in [-0.4, -0.2) is 72.4 Å². The summed E-state index contributed by atoms with van der Waals surface area (Å²) in [6.45, 7) is 1.98. The molecule has 2 N–H and O–H groups in total. The van der Waals surface area contributed by atoms with E-state index in [9.17, 15) is 23.1 Å². The van der Waals surface area contributed by atoms with E-state index in [2.05, 4.69) is 0 Å². The van der Waals surface area contributed by atoms with Gasteiger partial charge in [0.1, 0.15) is 0 Å². The first-order valence-electron chi connectivity index (χ1n) is 8.64. The maximum Gasteiger partial charge on any atom is 0.407 e. The first-order valence-corrected chi connectivity index (χ1v) is 10.0. The smallest absolute Gasteiger partial charge is 0.407 e. The Morgan fingerprint density at radius 2 is 1.85 bits per heavy atom. The summed E-state index contributed by atoms with van der Waals surface area (Å²) in [4.78, 5) is 25.3. The van der Waals surface area contributed by atoms with Crippen LogP contribution in [0.2, 0.25) is 0 Å². The van der Waals surface area contributed by atoms with E-state index >= 15 is 0 Å². The minimum atomic E-state index is -3.99. The summed E-state index contributed by atoms with van der Waals surface area (Å²) < 4.78 is 29.9. The molecular formula is C17H22N2O7S. The number of hydrogen-bond donors (Lipinski definition) is 2. The summed E-state index contributed by atoms with van der Waals surface area (Å²) in [5.41, 5.74) is 0.911. The van der Waals surface area contributed by atoms with Crippen molar-refractivity contribution >= 4 is 22.3 Å². The zero-order valence-electron chi connectivity index (χ0n) is 14.8. The van der Waals surface area contributed by atoms with Gasteiger partial charge in [-0.15, -0.1) is 0 Å². The van der Waals surface area contributed by atoms with Crippen LogP contribution in [0.3, 0.4) is 0 Å². The van der Waals surface area contributed by atoms with E-state index in [4.69, 9.17) is 9.29 Å². The van der Waals surface area contributed by atoms with Crippen LogP contribution in [-0.2, 0) is 14.3 Å². The van der Waals surface area contributed by atoms with E-state index < -0.39 is 34.4 Å². The van der Waals surface area contributed by atoms with Crippen LogP contribution in [0.5, 0.6) is 0 Å². The lowest BCUT2D eigenvalue weighted by Crippen LogP contribution is -2.52. The van der Waals surface area contributed by atoms with E-state index in [0.717, 1.165) is 10.5 Å². The SMILES string of the molecule is Cc1ccc(S(=O)(=O)OCC2CC3CCN(C(=O)O)CC3N2C(=O)O)cc1. The number of nitrogens with zero attached hydrogens (tertiary/aromatic N) is 2. The molecule has 2 aliphatic rings. The summed E-state index contributed by atoms with van der Waals surface area (Å²) in [6.07, 6.45) is -1.29. The topological polar surface area (TPSA) is 124 Å². The normalized spacial score (nSPS) is 25.3. The Kier molecular flexibility index (Phi) is 5.29. The Labute approximate surface area is 157 Å². The number of amides is 2. The highest BCUT2D eigenvalue weighted by atomic mass is 32.2. The summed E-state index contributed by atoms with van der Waals surface area (Å²) in [5, 5.41) is 18.7. The maximum absolute atomic E-state index is 12.4. The number of carboxylic acid groups (broad SMARTS) is 2. The van der Waals surface area contributed by atoms with Crippen LogP contribution < -0.4 is 0 Å². The van der Waals surface area contributed by atoms with Crippen molar-refractivity contribution in [3.05, 3.63) is 29.8 Å². The molecule has 9 nitrogen and oxygen atoms in total. The molecule has 3 atom stereocenters. The average molecular weight is 398 g/mol. The quantitative estimate of drug-likeness (QED) is 0.741. The Bertz CT molecular complexity index is 824. The van der Waals surface area contributed by atoms with Gasteiger partial charge in [0.2, 0.25) is 0 Å². The van der Waals surface area contributed by atoms with Gasteiger partial charge in [0, 0.05) is 13.1 Å². The maximum atomic E-state index is 12.4. The molecule has 10 heteroatoms. The van der Waals surface area contributed by atoms with Crippen molar-refractivity contribution in [3.63, 3.8) is 0 Å². The molecule has 0 spiro atoms. The zero-order chi connectivity index (χ0) is 19.8. The van der Waals surface area contributed by atoms with E-state index in [-0.39, 0.29) is 24.0 Å². The standard InChI is InChI=1S/C17H22N2O7S/c1-11-2-4-14(5-3-11)27(24,25)26-10-13-8-12-6-7-18(16(20)21)9-15(12)19(13)17(22)23/h2-5,12-13,15H,6-10H2,1H3,(H,20,21)(H,22,23). The number of hydrogen-bond acceptors (Lipinski definition) is 5. The number of fused-ring (bicyclic) bond motifs is 1. The molecule has 2 saturated heterocycles. The molecule has 0 bridgehead atoms. The molecule has 3 rings (SSSR count). The van der Waals surface area contributed by atoms with E-state index in [1.165, 1.54) is 17.0 Å². The van der Waals surface area contributed by atoms with Crippen LogP contribution >= 0.6 is 0 Å². The minimum absolute atomic E-state index is 0.00706. The first kappa shape index (κ1) is 19.4. The molecule has 0 radical (unpaired) electrons. The fourth-order valence-electron chi connectivity index (χ4n) is 3.87. The summed E-state index contributed by atoms with van der Waals surface area (Å²) in [7, 11) is -3.99. The zero-order valence-corrected chi connectivity index (χ0v) is 15.6. The Balaban J connectivity index is 1.72. The summed E-state index contributed by atoms with van der Waals surface area (Å²) in [5.74, 6) is -0.00706. The molecule has 27 heavy (non-hydrogen) atoms. The lowest BCUT2D eigenvalue weighted by Gasteiger charge is -2.36.